The average Bonchev–Trinajstić information content (AvgIpc) is 2.52. The second-order valence-electron chi connectivity index (χ2n) is 5.16. The van der Waals surface area contributed by atoms with E-state index in [1.807, 2.05) is 6.92 Å². The normalized spacial score (nSPS) is 15.3. The summed E-state index contributed by atoms with van der Waals surface area (Å²) < 4.78 is 14.1. The standard InChI is InChI=1S/C16H14BrFN4S/c1-9-3-4-11(6-19)21-14(9)5-15(17)22-16(23)12-7-20-8-13(18)10(12)2/h7-8H,3-5H2,1-2H3. The first-order valence-corrected chi connectivity index (χ1v) is 8.16. The molecular weight excluding hydrogens is 379 g/mol. The first kappa shape index (κ1) is 17.6. The van der Waals surface area contributed by atoms with E-state index < -0.39 is 5.82 Å². The molecule has 0 N–H and O–H groups in total. The van der Waals surface area contributed by atoms with Gasteiger partial charge in [0.15, 0.2) is 0 Å². The molecule has 2 rings (SSSR count). The average molecular weight is 393 g/mol. The number of aliphatic imine (C=N–C) groups is 2. The number of nitrogens with zero attached hydrogens (tertiary/aromatic N) is 4. The highest BCUT2D eigenvalue weighted by molar-refractivity contribution is 9.18. The van der Waals surface area contributed by atoms with Crippen molar-refractivity contribution in [1.82, 2.24) is 4.98 Å². The molecule has 0 bridgehead atoms. The summed E-state index contributed by atoms with van der Waals surface area (Å²) in [5.41, 5.74) is 3.39. The minimum absolute atomic E-state index is 0.264. The predicted molar refractivity (Wildman–Crippen MR) is 96.6 cm³/mol. The van der Waals surface area contributed by atoms with E-state index >= 15 is 0 Å². The van der Waals surface area contributed by atoms with Gasteiger partial charge in [-0.3, -0.25) is 4.98 Å². The van der Waals surface area contributed by atoms with Crippen LogP contribution in [0.25, 0.3) is 0 Å². The zero-order valence-electron chi connectivity index (χ0n) is 12.7. The number of hydrogen-bond acceptors (Lipinski definition) is 4. The number of nitriles is 1. The summed E-state index contributed by atoms with van der Waals surface area (Å²) in [5.74, 6) is -0.412. The van der Waals surface area contributed by atoms with Crippen LogP contribution in [0.5, 0.6) is 0 Å². The van der Waals surface area contributed by atoms with Gasteiger partial charge in [-0.2, -0.15) is 5.26 Å². The molecule has 0 aliphatic carbocycles. The largest absolute Gasteiger partial charge is 0.261 e. The van der Waals surface area contributed by atoms with Crippen molar-refractivity contribution in [2.24, 2.45) is 9.98 Å². The van der Waals surface area contributed by atoms with E-state index in [2.05, 4.69) is 37.0 Å². The van der Waals surface area contributed by atoms with Gasteiger partial charge >= 0.3 is 0 Å². The van der Waals surface area contributed by atoms with E-state index in [9.17, 15) is 4.39 Å². The highest BCUT2D eigenvalue weighted by Gasteiger charge is 2.14. The fourth-order valence-electron chi connectivity index (χ4n) is 2.10. The highest BCUT2D eigenvalue weighted by Crippen LogP contribution is 2.23. The monoisotopic (exact) mass is 392 g/mol. The lowest BCUT2D eigenvalue weighted by Gasteiger charge is -2.13. The Bertz CT molecular complexity index is 790. The number of pyridine rings is 1. The smallest absolute Gasteiger partial charge is 0.145 e. The molecule has 0 fully saturated rings. The van der Waals surface area contributed by atoms with Crippen LogP contribution in [-0.2, 0) is 0 Å². The molecular formula is C16H14BrFN4S. The molecule has 118 valence electrons. The number of halogens is 2. The maximum Gasteiger partial charge on any atom is 0.145 e. The molecule has 1 aliphatic heterocycles. The summed E-state index contributed by atoms with van der Waals surface area (Å²) in [6.45, 7) is 3.63. The van der Waals surface area contributed by atoms with Gasteiger partial charge in [-0.1, -0.05) is 17.8 Å². The van der Waals surface area contributed by atoms with Crippen molar-refractivity contribution < 1.29 is 4.39 Å². The number of allylic oxidation sites excluding steroid dienone is 2. The summed E-state index contributed by atoms with van der Waals surface area (Å²) in [6, 6.07) is 2.09. The van der Waals surface area contributed by atoms with E-state index in [0.717, 1.165) is 23.9 Å². The lowest BCUT2D eigenvalue weighted by molar-refractivity contribution is 0.611. The molecule has 0 atom stereocenters. The van der Waals surface area contributed by atoms with Crippen LogP contribution in [0.3, 0.4) is 0 Å². The third kappa shape index (κ3) is 4.36. The number of thiocarbonyl (C=S) groups is 1. The van der Waals surface area contributed by atoms with Gasteiger partial charge in [0, 0.05) is 30.3 Å². The van der Waals surface area contributed by atoms with Gasteiger partial charge in [0.1, 0.15) is 22.6 Å². The fourth-order valence-corrected chi connectivity index (χ4v) is 2.98. The Morgan fingerprint density at radius 3 is 2.87 bits per heavy atom. The van der Waals surface area contributed by atoms with Gasteiger partial charge in [0.2, 0.25) is 0 Å². The molecule has 1 aromatic rings. The van der Waals surface area contributed by atoms with Crippen molar-refractivity contribution in [3.63, 3.8) is 0 Å². The Balaban J connectivity index is 2.20. The summed E-state index contributed by atoms with van der Waals surface area (Å²) in [5, 5.41) is 8.97. The Morgan fingerprint density at radius 2 is 2.17 bits per heavy atom. The lowest BCUT2D eigenvalue weighted by atomic mass is 10.0. The van der Waals surface area contributed by atoms with Crippen LogP contribution < -0.4 is 0 Å². The van der Waals surface area contributed by atoms with Gasteiger partial charge in [0.25, 0.3) is 0 Å². The van der Waals surface area contributed by atoms with Crippen LogP contribution >= 0.6 is 28.1 Å². The van der Waals surface area contributed by atoms with Gasteiger partial charge in [-0.15, -0.1) is 0 Å². The summed E-state index contributed by atoms with van der Waals surface area (Å²) in [4.78, 5) is 12.7. The van der Waals surface area contributed by atoms with Gasteiger partial charge in [0.05, 0.1) is 10.8 Å². The summed E-state index contributed by atoms with van der Waals surface area (Å²) in [6.07, 6.45) is 4.58. The second-order valence-corrected chi connectivity index (χ2v) is 6.46. The molecule has 1 aromatic heterocycles. The lowest BCUT2D eigenvalue weighted by Crippen LogP contribution is -2.07. The van der Waals surface area contributed by atoms with Crippen LogP contribution in [0.4, 0.5) is 4.39 Å². The molecule has 0 radical (unpaired) electrons. The maximum atomic E-state index is 13.5. The summed E-state index contributed by atoms with van der Waals surface area (Å²) >= 11 is 8.64. The number of aromatic nitrogens is 1. The molecule has 7 heteroatoms. The highest BCUT2D eigenvalue weighted by atomic mass is 79.9. The molecule has 0 saturated carbocycles. The van der Waals surface area contributed by atoms with Crippen LogP contribution in [0.2, 0.25) is 0 Å². The van der Waals surface area contributed by atoms with E-state index in [-0.39, 0.29) is 4.99 Å². The molecule has 0 unspecified atom stereocenters. The zero-order chi connectivity index (χ0) is 17.0. The summed E-state index contributed by atoms with van der Waals surface area (Å²) in [7, 11) is 0. The van der Waals surface area contributed by atoms with E-state index in [1.165, 1.54) is 6.20 Å². The molecule has 4 nitrogen and oxygen atoms in total. The quantitative estimate of drug-likeness (QED) is 0.564. The van der Waals surface area contributed by atoms with Crippen molar-refractivity contribution in [2.75, 3.05) is 0 Å². The molecule has 23 heavy (non-hydrogen) atoms. The van der Waals surface area contributed by atoms with Gasteiger partial charge < -0.3 is 0 Å². The minimum atomic E-state index is -0.412. The van der Waals surface area contributed by atoms with Crippen molar-refractivity contribution in [3.05, 3.63) is 40.6 Å². The van der Waals surface area contributed by atoms with Crippen molar-refractivity contribution in [1.29, 1.82) is 5.26 Å². The van der Waals surface area contributed by atoms with Gasteiger partial charge in [-0.05, 0) is 41.8 Å². The number of hydrogen-bond donors (Lipinski definition) is 0. The van der Waals surface area contributed by atoms with Crippen LogP contribution in [0.1, 0.15) is 37.3 Å². The van der Waals surface area contributed by atoms with E-state index in [0.29, 0.717) is 34.3 Å². The SMILES string of the molecule is CC1=C(CC(Br)=NC(=S)c2cncc(F)c2C)N=C(C#N)CC1. The molecule has 0 saturated heterocycles. The van der Waals surface area contributed by atoms with Crippen LogP contribution in [0, 0.1) is 24.1 Å². The molecule has 0 spiro atoms. The first-order valence-electron chi connectivity index (χ1n) is 6.96. The molecule has 2 heterocycles. The van der Waals surface area contributed by atoms with Gasteiger partial charge in [-0.25, -0.2) is 14.4 Å². The van der Waals surface area contributed by atoms with Crippen LogP contribution in [0.15, 0.2) is 33.6 Å². The minimum Gasteiger partial charge on any atom is -0.261 e. The zero-order valence-corrected chi connectivity index (χ0v) is 15.1. The molecule has 0 amide bonds. The molecule has 1 aliphatic rings. The topological polar surface area (TPSA) is 61.4 Å². The number of rotatable bonds is 3. The Hall–Kier alpha value is -1.78. The third-order valence-electron chi connectivity index (χ3n) is 3.55. The Labute approximate surface area is 148 Å². The van der Waals surface area contributed by atoms with Crippen molar-refractivity contribution in [3.8, 4) is 6.07 Å². The first-order chi connectivity index (χ1) is 10.9. The predicted octanol–water partition coefficient (Wildman–Crippen LogP) is 4.42. The molecule has 0 aromatic carbocycles. The third-order valence-corrected chi connectivity index (χ3v) is 4.32. The fraction of sp³-hybridized carbons (Fsp3) is 0.312. The van der Waals surface area contributed by atoms with E-state index in [4.69, 9.17) is 17.5 Å². The van der Waals surface area contributed by atoms with Crippen molar-refractivity contribution >= 4 is 43.5 Å². The van der Waals surface area contributed by atoms with E-state index in [1.54, 1.807) is 6.92 Å². The van der Waals surface area contributed by atoms with Crippen LogP contribution in [-0.4, -0.2) is 20.3 Å². The van der Waals surface area contributed by atoms with Crippen molar-refractivity contribution in [2.45, 2.75) is 33.1 Å². The second kappa shape index (κ2) is 7.66. The Kier molecular flexibility index (Phi) is 5.85. The Morgan fingerprint density at radius 1 is 1.43 bits per heavy atom. The maximum absolute atomic E-state index is 13.5.